The summed E-state index contributed by atoms with van der Waals surface area (Å²) in [6.07, 6.45) is 0.877. The van der Waals surface area contributed by atoms with Crippen molar-refractivity contribution in [2.24, 2.45) is 0 Å². The average Bonchev–Trinajstić information content (AvgIpc) is 2.78. The molecule has 1 unspecified atom stereocenters. The third kappa shape index (κ3) is 2.35. The van der Waals surface area contributed by atoms with Crippen LogP contribution in [0.3, 0.4) is 0 Å². The molecular weight excluding hydrogens is 264 g/mol. The monoisotopic (exact) mass is 282 g/mol. The van der Waals surface area contributed by atoms with Gasteiger partial charge in [-0.05, 0) is 37.1 Å². The standard InChI is InChI=1S/C13H18N2O3S/c1-10-8-11-9-12(2-3-13(11)14-10)19(16,17)15-4-6-18-7-5-15/h2-3,9-10,14H,4-8H2,1H3. The van der Waals surface area contributed by atoms with E-state index < -0.39 is 10.0 Å². The Morgan fingerprint density at radius 2 is 2.05 bits per heavy atom. The first kappa shape index (κ1) is 12.9. The van der Waals surface area contributed by atoms with E-state index in [2.05, 4.69) is 12.2 Å². The van der Waals surface area contributed by atoms with Crippen molar-refractivity contribution < 1.29 is 13.2 Å². The van der Waals surface area contributed by atoms with E-state index in [1.807, 2.05) is 6.07 Å². The average molecular weight is 282 g/mol. The summed E-state index contributed by atoms with van der Waals surface area (Å²) in [6.45, 7) is 3.92. The van der Waals surface area contributed by atoms with Crippen molar-refractivity contribution in [3.05, 3.63) is 23.8 Å². The lowest BCUT2D eigenvalue weighted by Gasteiger charge is -2.26. The molecule has 0 radical (unpaired) electrons. The highest BCUT2D eigenvalue weighted by Gasteiger charge is 2.28. The minimum atomic E-state index is -3.38. The topological polar surface area (TPSA) is 58.6 Å². The summed E-state index contributed by atoms with van der Waals surface area (Å²) in [4.78, 5) is 0.393. The van der Waals surface area contributed by atoms with Crippen molar-refractivity contribution >= 4 is 15.7 Å². The van der Waals surface area contributed by atoms with Gasteiger partial charge in [0.05, 0.1) is 18.1 Å². The number of nitrogens with zero attached hydrogens (tertiary/aromatic N) is 1. The quantitative estimate of drug-likeness (QED) is 0.881. The van der Waals surface area contributed by atoms with Crippen molar-refractivity contribution in [2.75, 3.05) is 31.6 Å². The Bertz CT molecular complexity index is 580. The second-order valence-corrected chi connectivity index (χ2v) is 7.02. The zero-order valence-corrected chi connectivity index (χ0v) is 11.7. The molecule has 0 aliphatic carbocycles. The summed E-state index contributed by atoms with van der Waals surface area (Å²) in [6, 6.07) is 5.73. The highest BCUT2D eigenvalue weighted by molar-refractivity contribution is 7.89. The fourth-order valence-corrected chi connectivity index (χ4v) is 4.08. The molecule has 6 heteroatoms. The summed E-state index contributed by atoms with van der Waals surface area (Å²) in [5, 5.41) is 3.33. The first-order valence-corrected chi connectivity index (χ1v) is 7.99. The van der Waals surface area contributed by atoms with Crippen molar-refractivity contribution in [2.45, 2.75) is 24.3 Å². The zero-order valence-electron chi connectivity index (χ0n) is 10.9. The van der Waals surface area contributed by atoms with Gasteiger partial charge in [-0.25, -0.2) is 8.42 Å². The van der Waals surface area contributed by atoms with Crippen LogP contribution < -0.4 is 5.32 Å². The normalized spacial score (nSPS) is 23.9. The molecule has 0 bridgehead atoms. The molecule has 1 aromatic carbocycles. The predicted molar refractivity (Wildman–Crippen MR) is 72.8 cm³/mol. The lowest BCUT2D eigenvalue weighted by atomic mass is 10.1. The van der Waals surface area contributed by atoms with E-state index in [0.29, 0.717) is 37.2 Å². The van der Waals surface area contributed by atoms with Gasteiger partial charge in [-0.1, -0.05) is 0 Å². The van der Waals surface area contributed by atoms with Crippen LogP contribution in [-0.4, -0.2) is 45.1 Å². The highest BCUT2D eigenvalue weighted by atomic mass is 32.2. The van der Waals surface area contributed by atoms with E-state index >= 15 is 0 Å². The number of ether oxygens (including phenoxy) is 1. The summed E-state index contributed by atoms with van der Waals surface area (Å²) < 4.78 is 31.7. The van der Waals surface area contributed by atoms with Gasteiger partial charge in [0.1, 0.15) is 0 Å². The van der Waals surface area contributed by atoms with Crippen LogP contribution in [0, 0.1) is 0 Å². The fourth-order valence-electron chi connectivity index (χ4n) is 2.62. The first-order chi connectivity index (χ1) is 9.07. The summed E-state index contributed by atoms with van der Waals surface area (Å²) >= 11 is 0. The Balaban J connectivity index is 1.91. The molecule has 0 saturated carbocycles. The van der Waals surface area contributed by atoms with E-state index in [1.165, 1.54) is 4.31 Å². The smallest absolute Gasteiger partial charge is 0.243 e. The van der Waals surface area contributed by atoms with Crippen LogP contribution in [0.5, 0.6) is 0 Å². The van der Waals surface area contributed by atoms with Crippen molar-refractivity contribution in [1.29, 1.82) is 0 Å². The minimum Gasteiger partial charge on any atom is -0.382 e. The second kappa shape index (κ2) is 4.77. The van der Waals surface area contributed by atoms with Gasteiger partial charge in [0.2, 0.25) is 10.0 Å². The number of fused-ring (bicyclic) bond motifs is 1. The molecule has 1 fully saturated rings. The fraction of sp³-hybridized carbons (Fsp3) is 0.538. The molecule has 104 valence electrons. The van der Waals surface area contributed by atoms with Gasteiger partial charge in [-0.15, -0.1) is 0 Å². The lowest BCUT2D eigenvalue weighted by molar-refractivity contribution is 0.0730. The molecule has 3 rings (SSSR count). The Hall–Kier alpha value is -1.11. The molecule has 1 N–H and O–H groups in total. The number of anilines is 1. The van der Waals surface area contributed by atoms with Gasteiger partial charge in [-0.2, -0.15) is 4.31 Å². The van der Waals surface area contributed by atoms with Gasteiger partial charge < -0.3 is 10.1 Å². The van der Waals surface area contributed by atoms with Crippen molar-refractivity contribution in [3.8, 4) is 0 Å². The van der Waals surface area contributed by atoms with E-state index in [9.17, 15) is 8.42 Å². The van der Waals surface area contributed by atoms with Gasteiger partial charge in [0, 0.05) is 24.8 Å². The van der Waals surface area contributed by atoms with Crippen LogP contribution in [-0.2, 0) is 21.2 Å². The molecule has 0 amide bonds. The first-order valence-electron chi connectivity index (χ1n) is 6.55. The van der Waals surface area contributed by atoms with Gasteiger partial charge in [-0.3, -0.25) is 0 Å². The second-order valence-electron chi connectivity index (χ2n) is 5.08. The molecule has 5 nitrogen and oxygen atoms in total. The van der Waals surface area contributed by atoms with E-state index in [4.69, 9.17) is 4.74 Å². The molecule has 1 saturated heterocycles. The number of morpholine rings is 1. The number of hydrogen-bond donors (Lipinski definition) is 1. The van der Waals surface area contributed by atoms with E-state index in [0.717, 1.165) is 17.7 Å². The number of benzene rings is 1. The van der Waals surface area contributed by atoms with Gasteiger partial charge in [0.15, 0.2) is 0 Å². The van der Waals surface area contributed by atoms with Crippen molar-refractivity contribution in [3.63, 3.8) is 0 Å². The maximum absolute atomic E-state index is 12.5. The summed E-state index contributed by atoms with van der Waals surface area (Å²) in [5.41, 5.74) is 2.13. The largest absolute Gasteiger partial charge is 0.382 e. The highest BCUT2D eigenvalue weighted by Crippen LogP contribution is 2.29. The van der Waals surface area contributed by atoms with E-state index in [-0.39, 0.29) is 0 Å². The molecule has 0 spiro atoms. The molecule has 1 atom stereocenters. The maximum atomic E-state index is 12.5. The van der Waals surface area contributed by atoms with E-state index in [1.54, 1.807) is 12.1 Å². The summed E-state index contributed by atoms with van der Waals surface area (Å²) in [5.74, 6) is 0. The Morgan fingerprint density at radius 3 is 2.79 bits per heavy atom. The van der Waals surface area contributed by atoms with Crippen LogP contribution in [0.4, 0.5) is 5.69 Å². The van der Waals surface area contributed by atoms with Crippen LogP contribution >= 0.6 is 0 Å². The molecule has 2 aliphatic heterocycles. The maximum Gasteiger partial charge on any atom is 0.243 e. The molecule has 2 heterocycles. The van der Waals surface area contributed by atoms with Crippen LogP contribution in [0.2, 0.25) is 0 Å². The Labute approximate surface area is 113 Å². The predicted octanol–water partition coefficient (Wildman–Crippen LogP) is 1.06. The Morgan fingerprint density at radius 1 is 1.32 bits per heavy atom. The Kier molecular flexibility index (Phi) is 3.24. The third-order valence-corrected chi connectivity index (χ3v) is 5.51. The summed E-state index contributed by atoms with van der Waals surface area (Å²) in [7, 11) is -3.38. The third-order valence-electron chi connectivity index (χ3n) is 3.61. The lowest BCUT2D eigenvalue weighted by Crippen LogP contribution is -2.40. The number of sulfonamides is 1. The molecular formula is C13H18N2O3S. The van der Waals surface area contributed by atoms with Crippen LogP contribution in [0.25, 0.3) is 0 Å². The van der Waals surface area contributed by atoms with Gasteiger partial charge >= 0.3 is 0 Å². The van der Waals surface area contributed by atoms with Crippen LogP contribution in [0.15, 0.2) is 23.1 Å². The minimum absolute atomic E-state index is 0.372. The molecule has 2 aliphatic rings. The molecule has 1 aromatic rings. The molecule has 0 aromatic heterocycles. The number of rotatable bonds is 2. The van der Waals surface area contributed by atoms with Crippen molar-refractivity contribution in [1.82, 2.24) is 4.31 Å². The number of hydrogen-bond acceptors (Lipinski definition) is 4. The van der Waals surface area contributed by atoms with Crippen LogP contribution in [0.1, 0.15) is 12.5 Å². The number of nitrogens with one attached hydrogen (secondary N) is 1. The van der Waals surface area contributed by atoms with Gasteiger partial charge in [0.25, 0.3) is 0 Å². The SMILES string of the molecule is CC1Cc2cc(S(=O)(=O)N3CCOCC3)ccc2N1. The zero-order chi connectivity index (χ0) is 13.5. The molecule has 19 heavy (non-hydrogen) atoms.